The number of carbonyl (C=O) groups is 2. The van der Waals surface area contributed by atoms with Gasteiger partial charge >= 0.3 is 5.97 Å². The molecule has 2 unspecified atom stereocenters. The van der Waals surface area contributed by atoms with E-state index >= 15 is 0 Å². The molecule has 5 nitrogen and oxygen atoms in total. The highest BCUT2D eigenvalue weighted by Gasteiger charge is 2.21. The van der Waals surface area contributed by atoms with E-state index in [0.29, 0.717) is 12.8 Å². The highest BCUT2D eigenvalue weighted by atomic mass is 16.5. The number of hydrogen-bond donors (Lipinski definition) is 2. The average molecular weight is 229 g/mol. The van der Waals surface area contributed by atoms with Gasteiger partial charge in [0, 0.05) is 12.6 Å². The quantitative estimate of drug-likeness (QED) is 0.710. The normalized spacial score (nSPS) is 21.7. The van der Waals surface area contributed by atoms with E-state index in [4.69, 9.17) is 9.84 Å². The fourth-order valence-corrected chi connectivity index (χ4v) is 1.81. The fourth-order valence-electron chi connectivity index (χ4n) is 1.81. The maximum Gasteiger partial charge on any atom is 0.305 e. The Balaban J connectivity index is 2.27. The molecule has 1 aliphatic heterocycles. The maximum absolute atomic E-state index is 11.6. The van der Waals surface area contributed by atoms with Gasteiger partial charge in [-0.15, -0.1) is 0 Å². The Morgan fingerprint density at radius 3 is 2.81 bits per heavy atom. The summed E-state index contributed by atoms with van der Waals surface area (Å²) < 4.78 is 5.34. The van der Waals surface area contributed by atoms with E-state index in [-0.39, 0.29) is 24.5 Å². The summed E-state index contributed by atoms with van der Waals surface area (Å²) in [5.74, 6) is -0.996. The van der Waals surface area contributed by atoms with Crippen LogP contribution in [0.5, 0.6) is 0 Å². The topological polar surface area (TPSA) is 75.6 Å². The second kappa shape index (κ2) is 6.48. The average Bonchev–Trinajstić information content (AvgIpc) is 2.68. The van der Waals surface area contributed by atoms with Gasteiger partial charge in [-0.1, -0.05) is 6.92 Å². The summed E-state index contributed by atoms with van der Waals surface area (Å²) >= 11 is 0. The lowest BCUT2D eigenvalue weighted by Gasteiger charge is -2.16. The van der Waals surface area contributed by atoms with E-state index < -0.39 is 5.97 Å². The molecule has 2 atom stereocenters. The van der Waals surface area contributed by atoms with Gasteiger partial charge in [-0.3, -0.25) is 9.59 Å². The Morgan fingerprint density at radius 1 is 1.56 bits per heavy atom. The van der Waals surface area contributed by atoms with E-state index in [9.17, 15) is 9.59 Å². The SMILES string of the molecule is CCC(CC(=O)O)NC(=O)CC1CCCO1. The van der Waals surface area contributed by atoms with Crippen molar-refractivity contribution >= 4 is 11.9 Å². The number of amides is 1. The van der Waals surface area contributed by atoms with Crippen LogP contribution in [0.2, 0.25) is 0 Å². The molecule has 5 heteroatoms. The number of hydrogen-bond acceptors (Lipinski definition) is 3. The third-order valence-electron chi connectivity index (χ3n) is 2.72. The fraction of sp³-hybridized carbons (Fsp3) is 0.818. The molecule has 0 spiro atoms. The first-order valence-electron chi connectivity index (χ1n) is 5.74. The lowest BCUT2D eigenvalue weighted by Crippen LogP contribution is -2.37. The molecule has 92 valence electrons. The largest absolute Gasteiger partial charge is 0.481 e. The monoisotopic (exact) mass is 229 g/mol. The van der Waals surface area contributed by atoms with Crippen molar-refractivity contribution in [3.63, 3.8) is 0 Å². The Bertz CT molecular complexity index is 248. The molecule has 16 heavy (non-hydrogen) atoms. The highest BCUT2D eigenvalue weighted by Crippen LogP contribution is 2.15. The zero-order valence-electron chi connectivity index (χ0n) is 9.57. The summed E-state index contributed by atoms with van der Waals surface area (Å²) in [6, 6.07) is -0.272. The molecule has 0 bridgehead atoms. The highest BCUT2D eigenvalue weighted by molar-refractivity contribution is 5.77. The molecule has 0 saturated carbocycles. The summed E-state index contributed by atoms with van der Waals surface area (Å²) in [4.78, 5) is 22.1. The molecule has 1 amide bonds. The van der Waals surface area contributed by atoms with Crippen LogP contribution in [-0.4, -0.2) is 35.7 Å². The summed E-state index contributed by atoms with van der Waals surface area (Å²) in [7, 11) is 0. The molecule has 2 N–H and O–H groups in total. The van der Waals surface area contributed by atoms with Crippen LogP contribution in [0.25, 0.3) is 0 Å². The Morgan fingerprint density at radius 2 is 2.31 bits per heavy atom. The van der Waals surface area contributed by atoms with Crippen LogP contribution < -0.4 is 5.32 Å². The number of nitrogens with one attached hydrogen (secondary N) is 1. The van der Waals surface area contributed by atoms with E-state index in [1.54, 1.807) is 0 Å². The van der Waals surface area contributed by atoms with Gasteiger partial charge in [-0.2, -0.15) is 0 Å². The number of rotatable bonds is 6. The molecule has 0 aliphatic carbocycles. The molecule has 1 saturated heterocycles. The standard InChI is InChI=1S/C11H19NO4/c1-2-8(6-11(14)15)12-10(13)7-9-4-3-5-16-9/h8-9H,2-7H2,1H3,(H,12,13)(H,14,15). The van der Waals surface area contributed by atoms with Gasteiger partial charge in [0.1, 0.15) is 0 Å². The zero-order chi connectivity index (χ0) is 12.0. The van der Waals surface area contributed by atoms with Crippen LogP contribution in [0.1, 0.15) is 39.0 Å². The molecular weight excluding hydrogens is 210 g/mol. The lowest BCUT2D eigenvalue weighted by atomic mass is 10.1. The van der Waals surface area contributed by atoms with Gasteiger partial charge in [-0.25, -0.2) is 0 Å². The third-order valence-corrected chi connectivity index (χ3v) is 2.72. The van der Waals surface area contributed by atoms with Crippen molar-refractivity contribution in [1.82, 2.24) is 5.32 Å². The van der Waals surface area contributed by atoms with Gasteiger partial charge in [0.05, 0.1) is 18.9 Å². The summed E-state index contributed by atoms with van der Waals surface area (Å²) in [5.41, 5.74) is 0. The van der Waals surface area contributed by atoms with Gasteiger partial charge in [0.15, 0.2) is 0 Å². The van der Waals surface area contributed by atoms with Gasteiger partial charge in [0.2, 0.25) is 5.91 Å². The van der Waals surface area contributed by atoms with Crippen molar-refractivity contribution in [1.29, 1.82) is 0 Å². The van der Waals surface area contributed by atoms with E-state index in [1.165, 1.54) is 0 Å². The van der Waals surface area contributed by atoms with Crippen LogP contribution in [-0.2, 0) is 14.3 Å². The van der Waals surface area contributed by atoms with Gasteiger partial charge in [0.25, 0.3) is 0 Å². The molecule has 0 aromatic heterocycles. The van der Waals surface area contributed by atoms with Gasteiger partial charge in [-0.05, 0) is 19.3 Å². The number of carbonyl (C=O) groups excluding carboxylic acids is 1. The first kappa shape index (κ1) is 13.0. The van der Waals surface area contributed by atoms with Crippen LogP contribution >= 0.6 is 0 Å². The van der Waals surface area contributed by atoms with Crippen molar-refractivity contribution in [2.24, 2.45) is 0 Å². The van der Waals surface area contributed by atoms with Crippen molar-refractivity contribution in [3.8, 4) is 0 Å². The van der Waals surface area contributed by atoms with E-state index in [1.807, 2.05) is 6.92 Å². The summed E-state index contributed by atoms with van der Waals surface area (Å²) in [6.07, 6.45) is 2.89. The van der Waals surface area contributed by atoms with Crippen LogP contribution in [0.15, 0.2) is 0 Å². The first-order valence-corrected chi connectivity index (χ1v) is 5.74. The number of ether oxygens (including phenoxy) is 1. The molecule has 1 aliphatic rings. The van der Waals surface area contributed by atoms with E-state index in [0.717, 1.165) is 19.4 Å². The van der Waals surface area contributed by atoms with Crippen LogP contribution in [0, 0.1) is 0 Å². The third kappa shape index (κ3) is 4.61. The van der Waals surface area contributed by atoms with Gasteiger partial charge < -0.3 is 15.2 Å². The molecule has 0 radical (unpaired) electrons. The smallest absolute Gasteiger partial charge is 0.305 e. The van der Waals surface area contributed by atoms with E-state index in [2.05, 4.69) is 5.32 Å². The first-order chi connectivity index (χ1) is 7.61. The molecular formula is C11H19NO4. The second-order valence-corrected chi connectivity index (χ2v) is 4.11. The van der Waals surface area contributed by atoms with Crippen molar-refractivity contribution in [2.45, 2.75) is 51.2 Å². The molecule has 1 heterocycles. The lowest BCUT2D eigenvalue weighted by molar-refractivity contribution is -0.137. The minimum absolute atomic E-state index is 0.0161. The van der Waals surface area contributed by atoms with Crippen molar-refractivity contribution in [2.75, 3.05) is 6.61 Å². The maximum atomic E-state index is 11.6. The molecule has 1 rings (SSSR count). The number of carboxylic acids is 1. The van der Waals surface area contributed by atoms with Crippen molar-refractivity contribution < 1.29 is 19.4 Å². The Hall–Kier alpha value is -1.10. The molecule has 0 aromatic carbocycles. The molecule has 0 aromatic rings. The zero-order valence-corrected chi connectivity index (χ0v) is 9.57. The second-order valence-electron chi connectivity index (χ2n) is 4.11. The minimum atomic E-state index is -0.885. The summed E-state index contributed by atoms with van der Waals surface area (Å²) in [5, 5.41) is 11.4. The summed E-state index contributed by atoms with van der Waals surface area (Å²) in [6.45, 7) is 2.59. The molecule has 1 fully saturated rings. The number of aliphatic carboxylic acids is 1. The minimum Gasteiger partial charge on any atom is -0.481 e. The predicted molar refractivity (Wildman–Crippen MR) is 58.1 cm³/mol. The predicted octanol–water partition coefficient (Wildman–Crippen LogP) is 0.925. The Labute approximate surface area is 95.2 Å². The van der Waals surface area contributed by atoms with Crippen LogP contribution in [0.3, 0.4) is 0 Å². The van der Waals surface area contributed by atoms with Crippen molar-refractivity contribution in [3.05, 3.63) is 0 Å². The number of carboxylic acid groups (broad SMARTS) is 1. The Kier molecular flexibility index (Phi) is 5.25. The van der Waals surface area contributed by atoms with Crippen LogP contribution in [0.4, 0.5) is 0 Å².